The van der Waals surface area contributed by atoms with E-state index in [1.54, 1.807) is 0 Å². The lowest BCUT2D eigenvalue weighted by molar-refractivity contribution is -0.116. The van der Waals surface area contributed by atoms with Crippen LogP contribution in [0.2, 0.25) is 0 Å². The number of rotatable bonds is 1. The van der Waals surface area contributed by atoms with Gasteiger partial charge in [0, 0.05) is 12.3 Å². The normalized spacial score (nSPS) is 30.1. The number of allylic oxidation sites excluding steroid dienone is 2. The minimum atomic E-state index is -0.737. The molecule has 1 rings (SSSR count). The van der Waals surface area contributed by atoms with E-state index in [1.165, 1.54) is 0 Å². The summed E-state index contributed by atoms with van der Waals surface area (Å²) in [7, 11) is 0. The first-order valence-corrected chi connectivity index (χ1v) is 6.42. The van der Waals surface area contributed by atoms with Gasteiger partial charge in [-0.2, -0.15) is 0 Å². The standard InChI is InChI=1S/C15H24O2/c1-11-5-8-13(15(3,4)17)9-7-12(2)14(16)10-6-11/h5,8,11,13,17H,2,6-7,9-10H2,1,3-4H3/b8-5+/t11-,13-/m0/s1. The van der Waals surface area contributed by atoms with E-state index in [2.05, 4.69) is 25.7 Å². The highest BCUT2D eigenvalue weighted by molar-refractivity contribution is 5.94. The van der Waals surface area contributed by atoms with Gasteiger partial charge in [-0.25, -0.2) is 0 Å². The molecular formula is C15H24O2. The Hall–Kier alpha value is -0.890. The van der Waals surface area contributed by atoms with Crippen LogP contribution in [0.1, 0.15) is 46.5 Å². The first-order valence-electron chi connectivity index (χ1n) is 6.42. The fraction of sp³-hybridized carbons (Fsp3) is 0.667. The Balaban J connectivity index is 2.84. The van der Waals surface area contributed by atoms with Gasteiger partial charge in [-0.3, -0.25) is 4.79 Å². The molecule has 0 aliphatic heterocycles. The smallest absolute Gasteiger partial charge is 0.158 e. The van der Waals surface area contributed by atoms with Crippen molar-refractivity contribution in [2.75, 3.05) is 0 Å². The van der Waals surface area contributed by atoms with Crippen molar-refractivity contribution in [2.45, 2.75) is 52.1 Å². The predicted molar refractivity (Wildman–Crippen MR) is 70.7 cm³/mol. The van der Waals surface area contributed by atoms with E-state index in [-0.39, 0.29) is 11.7 Å². The third-order valence-electron chi connectivity index (χ3n) is 3.56. The van der Waals surface area contributed by atoms with E-state index < -0.39 is 5.60 Å². The van der Waals surface area contributed by atoms with Gasteiger partial charge < -0.3 is 5.11 Å². The molecule has 1 aliphatic carbocycles. The quantitative estimate of drug-likeness (QED) is 0.560. The molecule has 2 heteroatoms. The van der Waals surface area contributed by atoms with Crippen LogP contribution in [0, 0.1) is 11.8 Å². The third kappa shape index (κ3) is 4.47. The molecule has 0 aromatic rings. The van der Waals surface area contributed by atoms with E-state index in [0.29, 0.717) is 24.3 Å². The summed E-state index contributed by atoms with van der Waals surface area (Å²) in [4.78, 5) is 11.7. The maximum Gasteiger partial charge on any atom is 0.158 e. The van der Waals surface area contributed by atoms with E-state index in [0.717, 1.165) is 12.8 Å². The molecule has 1 aliphatic rings. The summed E-state index contributed by atoms with van der Waals surface area (Å²) >= 11 is 0. The van der Waals surface area contributed by atoms with Crippen molar-refractivity contribution in [3.63, 3.8) is 0 Å². The summed E-state index contributed by atoms with van der Waals surface area (Å²) < 4.78 is 0. The van der Waals surface area contributed by atoms with Crippen molar-refractivity contribution >= 4 is 5.78 Å². The number of aliphatic hydroxyl groups is 1. The van der Waals surface area contributed by atoms with E-state index in [4.69, 9.17) is 0 Å². The van der Waals surface area contributed by atoms with Gasteiger partial charge in [0.1, 0.15) is 0 Å². The van der Waals surface area contributed by atoms with Crippen LogP contribution in [-0.4, -0.2) is 16.5 Å². The van der Waals surface area contributed by atoms with Crippen molar-refractivity contribution in [1.29, 1.82) is 0 Å². The zero-order chi connectivity index (χ0) is 13.1. The lowest BCUT2D eigenvalue weighted by Crippen LogP contribution is -2.30. The maximum atomic E-state index is 11.7. The van der Waals surface area contributed by atoms with Crippen molar-refractivity contribution < 1.29 is 9.90 Å². The Bertz CT molecular complexity index is 320. The second-order valence-electron chi connectivity index (χ2n) is 5.73. The highest BCUT2D eigenvalue weighted by Crippen LogP contribution is 2.27. The van der Waals surface area contributed by atoms with Crippen molar-refractivity contribution in [1.82, 2.24) is 0 Å². The molecule has 96 valence electrons. The fourth-order valence-corrected chi connectivity index (χ4v) is 2.11. The molecule has 0 aromatic carbocycles. The van der Waals surface area contributed by atoms with Crippen LogP contribution in [-0.2, 0) is 4.79 Å². The summed E-state index contributed by atoms with van der Waals surface area (Å²) in [5, 5.41) is 10.1. The van der Waals surface area contributed by atoms with Gasteiger partial charge in [0.05, 0.1) is 5.60 Å². The van der Waals surface area contributed by atoms with Gasteiger partial charge in [-0.15, -0.1) is 0 Å². The summed E-state index contributed by atoms with van der Waals surface area (Å²) in [6.07, 6.45) is 7.17. The molecule has 17 heavy (non-hydrogen) atoms. The first kappa shape index (κ1) is 14.2. The molecule has 0 unspecified atom stereocenters. The number of hydrogen-bond donors (Lipinski definition) is 1. The molecular weight excluding hydrogens is 212 g/mol. The molecule has 0 heterocycles. The first-order chi connectivity index (χ1) is 7.80. The molecule has 0 fully saturated rings. The molecule has 0 saturated carbocycles. The largest absolute Gasteiger partial charge is 0.390 e. The lowest BCUT2D eigenvalue weighted by Gasteiger charge is -2.28. The zero-order valence-corrected chi connectivity index (χ0v) is 11.2. The minimum absolute atomic E-state index is 0.0904. The van der Waals surface area contributed by atoms with Crippen LogP contribution in [0.5, 0.6) is 0 Å². The van der Waals surface area contributed by atoms with Crippen molar-refractivity contribution in [3.8, 4) is 0 Å². The molecule has 2 nitrogen and oxygen atoms in total. The Morgan fingerprint density at radius 3 is 2.53 bits per heavy atom. The average Bonchev–Trinajstić information content (AvgIpc) is 2.22. The molecule has 0 spiro atoms. The molecule has 1 N–H and O–H groups in total. The number of carbonyl (C=O) groups is 1. The highest BCUT2D eigenvalue weighted by Gasteiger charge is 2.25. The monoisotopic (exact) mass is 236 g/mol. The van der Waals surface area contributed by atoms with Gasteiger partial charge in [0.15, 0.2) is 5.78 Å². The van der Waals surface area contributed by atoms with Crippen LogP contribution < -0.4 is 0 Å². The SMILES string of the molecule is C=C1CC[C@@H](C(C)(C)O)/C=C/[C@H](C)CCC1=O. The van der Waals surface area contributed by atoms with Crippen LogP contribution in [0.25, 0.3) is 0 Å². The number of carbonyl (C=O) groups excluding carboxylic acids is 1. The van der Waals surface area contributed by atoms with E-state index in [1.807, 2.05) is 13.8 Å². The predicted octanol–water partition coefficient (Wildman–Crippen LogP) is 3.27. The molecule has 0 aromatic heterocycles. The maximum absolute atomic E-state index is 11.7. The van der Waals surface area contributed by atoms with Crippen molar-refractivity contribution in [2.24, 2.45) is 11.8 Å². The molecule has 0 amide bonds. The summed E-state index contributed by atoms with van der Waals surface area (Å²) in [6, 6.07) is 0. The lowest BCUT2D eigenvalue weighted by atomic mass is 9.83. The number of Topliss-reactive ketones (excluding diaryl/α,β-unsaturated/α-hetero) is 1. The average molecular weight is 236 g/mol. The summed E-state index contributed by atoms with van der Waals surface area (Å²) in [5.41, 5.74) is -0.0274. The fourth-order valence-electron chi connectivity index (χ4n) is 2.11. The number of hydrogen-bond acceptors (Lipinski definition) is 2. The van der Waals surface area contributed by atoms with Crippen LogP contribution >= 0.6 is 0 Å². The Kier molecular flexibility index (Phi) is 4.70. The minimum Gasteiger partial charge on any atom is -0.390 e. The molecule has 0 radical (unpaired) electrons. The summed E-state index contributed by atoms with van der Waals surface area (Å²) in [6.45, 7) is 9.61. The van der Waals surface area contributed by atoms with Crippen LogP contribution in [0.15, 0.2) is 24.3 Å². The zero-order valence-electron chi connectivity index (χ0n) is 11.2. The third-order valence-corrected chi connectivity index (χ3v) is 3.56. The Morgan fingerprint density at radius 2 is 1.94 bits per heavy atom. The summed E-state index contributed by atoms with van der Waals surface area (Å²) in [5.74, 6) is 0.656. The van der Waals surface area contributed by atoms with Gasteiger partial charge in [-0.1, -0.05) is 25.7 Å². The van der Waals surface area contributed by atoms with Crippen molar-refractivity contribution in [3.05, 3.63) is 24.3 Å². The molecule has 0 bridgehead atoms. The Morgan fingerprint density at radius 1 is 1.29 bits per heavy atom. The second-order valence-corrected chi connectivity index (χ2v) is 5.73. The topological polar surface area (TPSA) is 37.3 Å². The number of ketones is 1. The van der Waals surface area contributed by atoms with Gasteiger partial charge in [0.25, 0.3) is 0 Å². The van der Waals surface area contributed by atoms with Gasteiger partial charge in [0.2, 0.25) is 0 Å². The highest BCUT2D eigenvalue weighted by atomic mass is 16.3. The molecule has 2 atom stereocenters. The van der Waals surface area contributed by atoms with E-state index >= 15 is 0 Å². The van der Waals surface area contributed by atoms with E-state index in [9.17, 15) is 9.90 Å². The van der Waals surface area contributed by atoms with Crippen LogP contribution in [0.3, 0.4) is 0 Å². The Labute approximate surface area is 104 Å². The van der Waals surface area contributed by atoms with Crippen LogP contribution in [0.4, 0.5) is 0 Å². The second kappa shape index (κ2) is 5.63. The van der Waals surface area contributed by atoms with Gasteiger partial charge in [-0.05, 0) is 44.6 Å². The van der Waals surface area contributed by atoms with Gasteiger partial charge >= 0.3 is 0 Å². The molecule has 0 saturated heterocycles.